The largest absolute Gasteiger partial charge is 0.507 e. The topological polar surface area (TPSA) is 99.4 Å². The fraction of sp³-hybridized carbons (Fsp3) is 0.190. The number of hydrogen-bond acceptors (Lipinski definition) is 6. The molecule has 2 N–H and O–H groups in total. The van der Waals surface area contributed by atoms with Gasteiger partial charge in [-0.3, -0.25) is 4.99 Å². The van der Waals surface area contributed by atoms with Crippen molar-refractivity contribution < 1.29 is 23.4 Å². The van der Waals surface area contributed by atoms with Crippen LogP contribution in [0.15, 0.2) is 64.5 Å². The number of hydrogen-bond donors (Lipinski definition) is 2. The van der Waals surface area contributed by atoms with Gasteiger partial charge in [-0.15, -0.1) is 0 Å². The summed E-state index contributed by atoms with van der Waals surface area (Å²) in [6, 6.07) is 14.9. The number of rotatable bonds is 4. The smallest absolute Gasteiger partial charge is 0.243 e. The van der Waals surface area contributed by atoms with Crippen molar-refractivity contribution in [1.29, 1.82) is 0 Å². The van der Waals surface area contributed by atoms with Gasteiger partial charge in [-0.25, -0.2) is 8.42 Å². The molecule has 0 radical (unpaired) electrons. The van der Waals surface area contributed by atoms with Gasteiger partial charge in [-0.1, -0.05) is 30.3 Å². The first-order chi connectivity index (χ1) is 14.0. The Balaban J connectivity index is 1.72. The van der Waals surface area contributed by atoms with E-state index in [1.807, 2.05) is 24.3 Å². The molecule has 150 valence electrons. The summed E-state index contributed by atoms with van der Waals surface area (Å²) in [5.74, 6) is -0.106. The Labute approximate surface area is 168 Å². The monoisotopic (exact) mass is 412 g/mol. The predicted octanol–water partition coefficient (Wildman–Crippen LogP) is 3.02. The molecule has 8 heteroatoms. The quantitative estimate of drug-likeness (QED) is 0.642. The van der Waals surface area contributed by atoms with Gasteiger partial charge in [0.2, 0.25) is 10.0 Å². The molecule has 0 bridgehead atoms. The first-order valence-electron chi connectivity index (χ1n) is 9.12. The lowest BCUT2D eigenvalue weighted by Crippen LogP contribution is -2.40. The van der Waals surface area contributed by atoms with Gasteiger partial charge in [0, 0.05) is 24.9 Å². The molecule has 4 rings (SSSR count). The van der Waals surface area contributed by atoms with Crippen molar-refractivity contribution in [3.63, 3.8) is 0 Å². The lowest BCUT2D eigenvalue weighted by atomic mass is 10.0. The van der Waals surface area contributed by atoms with Crippen LogP contribution in [0.4, 0.5) is 5.69 Å². The highest BCUT2D eigenvalue weighted by atomic mass is 32.2. The normalized spacial score (nSPS) is 15.9. The third kappa shape index (κ3) is 3.82. The number of phenols is 2. The van der Waals surface area contributed by atoms with Crippen molar-refractivity contribution in [2.75, 3.05) is 26.3 Å². The number of aromatic hydroxyl groups is 2. The standard InChI is InChI=1S/C21H20N2O5S/c24-20-7-5-15-3-1-2-4-17(15)18(20)14-22-19-13-16(6-8-21(19)25)29(26,27)23-9-11-28-12-10-23/h1-8,13-14,24-25H,9-12H2. The van der Waals surface area contributed by atoms with Gasteiger partial charge < -0.3 is 14.9 Å². The van der Waals surface area contributed by atoms with Gasteiger partial charge in [0.15, 0.2) is 0 Å². The van der Waals surface area contributed by atoms with Crippen LogP contribution >= 0.6 is 0 Å². The third-order valence-electron chi connectivity index (χ3n) is 4.84. The number of benzene rings is 3. The molecular weight excluding hydrogens is 392 g/mol. The van der Waals surface area contributed by atoms with Crippen LogP contribution in [-0.4, -0.2) is 55.5 Å². The summed E-state index contributed by atoms with van der Waals surface area (Å²) >= 11 is 0. The fourth-order valence-electron chi connectivity index (χ4n) is 3.26. The molecule has 1 aliphatic rings. The second-order valence-corrected chi connectivity index (χ2v) is 8.58. The van der Waals surface area contributed by atoms with Crippen LogP contribution in [0.3, 0.4) is 0 Å². The molecule has 0 spiro atoms. The van der Waals surface area contributed by atoms with Gasteiger partial charge in [-0.2, -0.15) is 4.31 Å². The summed E-state index contributed by atoms with van der Waals surface area (Å²) in [5.41, 5.74) is 0.593. The molecule has 3 aromatic carbocycles. The van der Waals surface area contributed by atoms with E-state index in [1.54, 1.807) is 12.1 Å². The molecule has 0 unspecified atom stereocenters. The van der Waals surface area contributed by atoms with E-state index in [1.165, 1.54) is 28.7 Å². The minimum atomic E-state index is -3.71. The van der Waals surface area contributed by atoms with E-state index in [9.17, 15) is 18.6 Å². The van der Waals surface area contributed by atoms with Crippen LogP contribution in [0, 0.1) is 0 Å². The second-order valence-electron chi connectivity index (χ2n) is 6.64. The minimum absolute atomic E-state index is 0.0454. The maximum Gasteiger partial charge on any atom is 0.243 e. The summed E-state index contributed by atoms with van der Waals surface area (Å²) < 4.78 is 32.3. The zero-order valence-electron chi connectivity index (χ0n) is 15.5. The van der Waals surface area contributed by atoms with E-state index in [4.69, 9.17) is 4.74 Å². The Hall–Kier alpha value is -2.94. The van der Waals surface area contributed by atoms with Gasteiger partial charge in [0.1, 0.15) is 17.2 Å². The minimum Gasteiger partial charge on any atom is -0.507 e. The van der Waals surface area contributed by atoms with Crippen LogP contribution in [0.25, 0.3) is 10.8 Å². The Morgan fingerprint density at radius 2 is 1.69 bits per heavy atom. The van der Waals surface area contributed by atoms with Crippen LogP contribution in [0.2, 0.25) is 0 Å². The van der Waals surface area contributed by atoms with Gasteiger partial charge in [0.25, 0.3) is 0 Å². The molecule has 1 heterocycles. The molecule has 0 aliphatic carbocycles. The van der Waals surface area contributed by atoms with Crippen molar-refractivity contribution >= 4 is 32.7 Å². The third-order valence-corrected chi connectivity index (χ3v) is 6.73. The van der Waals surface area contributed by atoms with Crippen molar-refractivity contribution in [3.8, 4) is 11.5 Å². The van der Waals surface area contributed by atoms with Crippen LogP contribution in [-0.2, 0) is 14.8 Å². The van der Waals surface area contributed by atoms with Crippen molar-refractivity contribution in [2.45, 2.75) is 4.90 Å². The number of phenolic OH excluding ortho intramolecular Hbond substituents is 2. The van der Waals surface area contributed by atoms with Crippen molar-refractivity contribution in [3.05, 3.63) is 60.2 Å². The summed E-state index contributed by atoms with van der Waals surface area (Å²) in [6.45, 7) is 1.27. The van der Waals surface area contributed by atoms with E-state index < -0.39 is 10.0 Å². The molecule has 29 heavy (non-hydrogen) atoms. The molecular formula is C21H20N2O5S. The molecule has 0 aromatic heterocycles. The second kappa shape index (κ2) is 7.82. The number of aliphatic imine (C=N–C) groups is 1. The number of sulfonamides is 1. The first kappa shape index (κ1) is 19.4. The summed E-state index contributed by atoms with van der Waals surface area (Å²) in [7, 11) is -3.71. The predicted molar refractivity (Wildman–Crippen MR) is 111 cm³/mol. The van der Waals surface area contributed by atoms with Crippen molar-refractivity contribution in [2.24, 2.45) is 4.99 Å². The average molecular weight is 412 g/mol. The van der Waals surface area contributed by atoms with E-state index in [-0.39, 0.29) is 35.2 Å². The molecule has 1 aliphatic heterocycles. The van der Waals surface area contributed by atoms with Gasteiger partial charge in [-0.05, 0) is 35.0 Å². The number of ether oxygens (including phenoxy) is 1. The maximum atomic E-state index is 12.9. The molecule has 0 atom stereocenters. The Kier molecular flexibility index (Phi) is 5.23. The zero-order chi connectivity index (χ0) is 20.4. The van der Waals surface area contributed by atoms with Crippen LogP contribution < -0.4 is 0 Å². The Morgan fingerprint density at radius 3 is 2.48 bits per heavy atom. The van der Waals surface area contributed by atoms with Crippen molar-refractivity contribution in [1.82, 2.24) is 4.31 Å². The lowest BCUT2D eigenvalue weighted by molar-refractivity contribution is 0.0730. The first-order valence-corrected chi connectivity index (χ1v) is 10.6. The summed E-state index contributed by atoms with van der Waals surface area (Å²) in [4.78, 5) is 4.31. The van der Waals surface area contributed by atoms with Gasteiger partial charge >= 0.3 is 0 Å². The average Bonchev–Trinajstić information content (AvgIpc) is 2.74. The maximum absolute atomic E-state index is 12.9. The zero-order valence-corrected chi connectivity index (χ0v) is 16.3. The summed E-state index contributed by atoms with van der Waals surface area (Å²) in [5, 5.41) is 22.1. The Morgan fingerprint density at radius 1 is 0.966 bits per heavy atom. The molecule has 1 saturated heterocycles. The number of fused-ring (bicyclic) bond motifs is 1. The van der Waals surface area contributed by atoms with E-state index in [0.29, 0.717) is 18.8 Å². The molecule has 0 saturated carbocycles. The lowest BCUT2D eigenvalue weighted by Gasteiger charge is -2.26. The van der Waals surface area contributed by atoms with Crippen LogP contribution in [0.1, 0.15) is 5.56 Å². The highest BCUT2D eigenvalue weighted by Crippen LogP contribution is 2.32. The molecule has 0 amide bonds. The molecule has 7 nitrogen and oxygen atoms in total. The SMILES string of the molecule is O=S(=O)(c1ccc(O)c(N=Cc2c(O)ccc3ccccc23)c1)N1CCOCC1. The van der Waals surface area contributed by atoms with E-state index in [0.717, 1.165) is 10.8 Å². The van der Waals surface area contributed by atoms with E-state index in [2.05, 4.69) is 4.99 Å². The number of nitrogens with zero attached hydrogens (tertiary/aromatic N) is 2. The van der Waals surface area contributed by atoms with Crippen LogP contribution in [0.5, 0.6) is 11.5 Å². The molecule has 3 aromatic rings. The highest BCUT2D eigenvalue weighted by molar-refractivity contribution is 7.89. The fourth-order valence-corrected chi connectivity index (χ4v) is 4.69. The Bertz CT molecular complexity index is 1180. The molecule has 1 fully saturated rings. The highest BCUT2D eigenvalue weighted by Gasteiger charge is 2.26. The van der Waals surface area contributed by atoms with E-state index >= 15 is 0 Å². The summed E-state index contributed by atoms with van der Waals surface area (Å²) in [6.07, 6.45) is 1.43. The number of morpholine rings is 1. The van der Waals surface area contributed by atoms with Gasteiger partial charge in [0.05, 0.1) is 18.1 Å².